The molecule has 0 heterocycles. The van der Waals surface area contributed by atoms with Crippen molar-refractivity contribution in [3.8, 4) is 0 Å². The van der Waals surface area contributed by atoms with Crippen molar-refractivity contribution in [1.29, 1.82) is 0 Å². The van der Waals surface area contributed by atoms with Crippen LogP contribution in [-0.4, -0.2) is 0 Å². The highest BCUT2D eigenvalue weighted by molar-refractivity contribution is 5.09. The molecular formula is C36H74. The van der Waals surface area contributed by atoms with Crippen LogP contribution < -0.4 is 0 Å². The Kier molecular flexibility index (Phi) is 15.0. The average Bonchev–Trinajstić information content (AvgIpc) is 2.81. The Morgan fingerprint density at radius 1 is 0.583 bits per heavy atom. The first kappa shape index (κ1) is 36.0. The van der Waals surface area contributed by atoms with Gasteiger partial charge in [0.2, 0.25) is 0 Å². The zero-order valence-corrected chi connectivity index (χ0v) is 28.4. The molecule has 0 aromatic heterocycles. The zero-order valence-electron chi connectivity index (χ0n) is 28.4. The van der Waals surface area contributed by atoms with Crippen molar-refractivity contribution in [2.24, 2.45) is 44.8 Å². The smallest absolute Gasteiger partial charge is 0.0211 e. The fourth-order valence-electron chi connectivity index (χ4n) is 9.60. The van der Waals surface area contributed by atoms with Crippen molar-refractivity contribution in [3.05, 3.63) is 0 Å². The zero-order chi connectivity index (χ0) is 28.4. The predicted molar refractivity (Wildman–Crippen MR) is 168 cm³/mol. The molecule has 0 aliphatic carbocycles. The van der Waals surface area contributed by atoms with Crippen LogP contribution in [0.15, 0.2) is 0 Å². The highest BCUT2D eigenvalue weighted by Gasteiger charge is 2.60. The minimum atomic E-state index is 0.268. The summed E-state index contributed by atoms with van der Waals surface area (Å²) in [7, 11) is 0. The topological polar surface area (TPSA) is 0 Å². The van der Waals surface area contributed by atoms with E-state index in [-0.39, 0.29) is 5.41 Å². The van der Waals surface area contributed by atoms with Crippen molar-refractivity contribution >= 4 is 0 Å². The van der Waals surface area contributed by atoms with E-state index in [0.717, 1.165) is 11.8 Å². The molecule has 0 fully saturated rings. The predicted octanol–water partition coefficient (Wildman–Crippen LogP) is 13.1. The molecule has 0 aromatic rings. The van der Waals surface area contributed by atoms with Crippen molar-refractivity contribution in [2.45, 2.75) is 187 Å². The lowest BCUT2D eigenvalue weighted by Gasteiger charge is -2.65. The molecule has 0 amide bonds. The van der Waals surface area contributed by atoms with Crippen molar-refractivity contribution in [3.63, 3.8) is 0 Å². The first-order chi connectivity index (χ1) is 16.6. The van der Waals surface area contributed by atoms with E-state index >= 15 is 0 Å². The van der Waals surface area contributed by atoms with Crippen LogP contribution in [0, 0.1) is 44.8 Å². The summed E-state index contributed by atoms with van der Waals surface area (Å²) >= 11 is 0. The van der Waals surface area contributed by atoms with Gasteiger partial charge in [-0.25, -0.2) is 0 Å². The Bertz CT molecular complexity index is 583. The highest BCUT2D eigenvalue weighted by Crippen LogP contribution is 2.68. The van der Waals surface area contributed by atoms with E-state index in [1.807, 2.05) is 0 Å². The van der Waals surface area contributed by atoms with Crippen LogP contribution >= 0.6 is 0 Å². The summed E-state index contributed by atoms with van der Waals surface area (Å²) in [6, 6.07) is 0. The summed E-state index contributed by atoms with van der Waals surface area (Å²) in [6.07, 6.45) is 17.4. The van der Waals surface area contributed by atoms with Gasteiger partial charge >= 0.3 is 0 Å². The van der Waals surface area contributed by atoms with Gasteiger partial charge in [0, 0.05) is 0 Å². The van der Waals surface area contributed by atoms with Crippen LogP contribution in [0.5, 0.6) is 0 Å². The molecule has 0 spiro atoms. The van der Waals surface area contributed by atoms with Crippen LogP contribution in [0.1, 0.15) is 187 Å². The van der Waals surface area contributed by atoms with Gasteiger partial charge in [-0.15, -0.1) is 0 Å². The summed E-state index contributed by atoms with van der Waals surface area (Å²) in [6.45, 7) is 38.2. The van der Waals surface area contributed by atoms with Gasteiger partial charge in [0.05, 0.1) is 0 Å². The molecule has 0 aromatic carbocycles. The van der Waals surface area contributed by atoms with Crippen LogP contribution in [0.25, 0.3) is 0 Å². The molecule has 5 atom stereocenters. The molecule has 5 unspecified atom stereocenters. The standard InChI is InChI=1S/C36H74/c1-16-23-30(10)28-33(13,31(19-4)20-5)26-27-34(14,21-6)32(11,12)35(15,24-17-2)36(22-7,25-18-3)29(8)9/h29-31H,16-28H2,1-15H3. The molecule has 0 radical (unpaired) electrons. The average molecular weight is 507 g/mol. The second-order valence-electron chi connectivity index (χ2n) is 14.8. The van der Waals surface area contributed by atoms with E-state index in [1.54, 1.807) is 0 Å². The highest BCUT2D eigenvalue weighted by atomic mass is 14.6. The Hall–Kier alpha value is 0. The molecule has 0 saturated heterocycles. The lowest BCUT2D eigenvalue weighted by atomic mass is 9.39. The number of rotatable bonds is 20. The molecule has 0 nitrogen and oxygen atoms in total. The van der Waals surface area contributed by atoms with Gasteiger partial charge in [-0.1, -0.05) is 149 Å². The van der Waals surface area contributed by atoms with Crippen LogP contribution in [0.3, 0.4) is 0 Å². The normalized spacial score (nSPS) is 20.6. The molecule has 0 heteroatoms. The third kappa shape index (κ3) is 7.14. The van der Waals surface area contributed by atoms with Crippen LogP contribution in [-0.2, 0) is 0 Å². The Balaban J connectivity index is 6.61. The van der Waals surface area contributed by atoms with Crippen molar-refractivity contribution in [2.75, 3.05) is 0 Å². The van der Waals surface area contributed by atoms with Gasteiger partial charge in [0.25, 0.3) is 0 Å². The first-order valence-electron chi connectivity index (χ1n) is 16.6. The minimum Gasteiger partial charge on any atom is -0.0654 e. The largest absolute Gasteiger partial charge is 0.0654 e. The van der Waals surface area contributed by atoms with Crippen molar-refractivity contribution in [1.82, 2.24) is 0 Å². The quantitative estimate of drug-likeness (QED) is 0.154. The summed E-state index contributed by atoms with van der Waals surface area (Å²) in [4.78, 5) is 0. The molecule has 0 aliphatic heterocycles. The first-order valence-corrected chi connectivity index (χ1v) is 16.6. The molecule has 0 bridgehead atoms. The molecule has 0 rings (SSSR count). The van der Waals surface area contributed by atoms with Crippen molar-refractivity contribution < 1.29 is 0 Å². The van der Waals surface area contributed by atoms with E-state index in [0.29, 0.717) is 27.6 Å². The molecule has 0 saturated carbocycles. The summed E-state index contributed by atoms with van der Waals surface area (Å²) in [5.41, 5.74) is 1.77. The van der Waals surface area contributed by atoms with Gasteiger partial charge in [0.1, 0.15) is 0 Å². The third-order valence-electron chi connectivity index (χ3n) is 12.8. The van der Waals surface area contributed by atoms with Gasteiger partial charge in [-0.2, -0.15) is 0 Å². The minimum absolute atomic E-state index is 0.268. The lowest BCUT2D eigenvalue weighted by Crippen LogP contribution is -2.57. The van der Waals surface area contributed by atoms with Gasteiger partial charge in [0.15, 0.2) is 0 Å². The van der Waals surface area contributed by atoms with Gasteiger partial charge in [-0.05, 0) is 83.4 Å². The molecule has 218 valence electrons. The summed E-state index contributed by atoms with van der Waals surface area (Å²) in [5.74, 6) is 2.39. The van der Waals surface area contributed by atoms with E-state index in [2.05, 4.69) is 104 Å². The maximum Gasteiger partial charge on any atom is -0.0211 e. The Labute approximate surface area is 232 Å². The fourth-order valence-corrected chi connectivity index (χ4v) is 9.60. The van der Waals surface area contributed by atoms with Crippen LogP contribution in [0.2, 0.25) is 0 Å². The molecular weight excluding hydrogens is 432 g/mol. The Morgan fingerprint density at radius 2 is 1.11 bits per heavy atom. The monoisotopic (exact) mass is 507 g/mol. The van der Waals surface area contributed by atoms with Gasteiger partial charge in [-0.3, -0.25) is 0 Å². The molecule has 36 heavy (non-hydrogen) atoms. The third-order valence-corrected chi connectivity index (χ3v) is 12.8. The van der Waals surface area contributed by atoms with E-state index in [9.17, 15) is 0 Å². The van der Waals surface area contributed by atoms with E-state index in [1.165, 1.54) is 83.5 Å². The summed E-state index contributed by atoms with van der Waals surface area (Å²) < 4.78 is 0. The SMILES string of the molecule is CCCC(C)CC(C)(CCC(C)(CC)C(C)(C)C(C)(CCC)C(CC)(CCC)C(C)C)C(CC)CC. The number of hydrogen-bond donors (Lipinski definition) is 0. The summed E-state index contributed by atoms with van der Waals surface area (Å²) in [5, 5.41) is 0. The maximum absolute atomic E-state index is 2.73. The maximum atomic E-state index is 2.73. The Morgan fingerprint density at radius 3 is 1.47 bits per heavy atom. The lowest BCUT2D eigenvalue weighted by molar-refractivity contribution is -0.163. The second-order valence-corrected chi connectivity index (χ2v) is 14.8. The fraction of sp³-hybridized carbons (Fsp3) is 1.00. The van der Waals surface area contributed by atoms with E-state index in [4.69, 9.17) is 0 Å². The van der Waals surface area contributed by atoms with Gasteiger partial charge < -0.3 is 0 Å². The van der Waals surface area contributed by atoms with E-state index < -0.39 is 0 Å². The van der Waals surface area contributed by atoms with Crippen LogP contribution in [0.4, 0.5) is 0 Å². The second kappa shape index (κ2) is 15.0. The molecule has 0 N–H and O–H groups in total. The number of hydrogen-bond acceptors (Lipinski definition) is 0. The molecule has 0 aliphatic rings.